The fourth-order valence-corrected chi connectivity index (χ4v) is 3.07. The zero-order valence-corrected chi connectivity index (χ0v) is 16.9. The van der Waals surface area contributed by atoms with E-state index in [2.05, 4.69) is 15.6 Å². The Balaban J connectivity index is 2.10. The highest BCUT2D eigenvalue weighted by molar-refractivity contribution is 6.20. The first-order valence-electron chi connectivity index (χ1n) is 9.45. The number of aliphatic imine (C=N–C) groups is 1. The number of nitrogens with zero attached hydrogens (tertiary/aromatic N) is 1. The van der Waals surface area contributed by atoms with Gasteiger partial charge in [0.15, 0.2) is 0 Å². The first kappa shape index (κ1) is 20.5. The van der Waals surface area contributed by atoms with Gasteiger partial charge < -0.3 is 10.1 Å². The molecule has 152 valence electrons. The molecule has 0 aliphatic carbocycles. The van der Waals surface area contributed by atoms with Crippen molar-refractivity contribution in [2.24, 2.45) is 4.99 Å². The lowest BCUT2D eigenvalue weighted by atomic mass is 9.96. The Hall–Kier alpha value is -3.22. The number of carbonyl (C=O) groups is 2. The summed E-state index contributed by atoms with van der Waals surface area (Å²) >= 11 is 0. The van der Waals surface area contributed by atoms with Gasteiger partial charge in [0.2, 0.25) is 6.17 Å². The summed E-state index contributed by atoms with van der Waals surface area (Å²) in [5, 5.41) is 5.31. The summed E-state index contributed by atoms with van der Waals surface area (Å²) in [5.74, 6) is -0.992. The van der Waals surface area contributed by atoms with Crippen molar-refractivity contribution in [1.29, 1.82) is 0 Å². The summed E-state index contributed by atoms with van der Waals surface area (Å²) in [7, 11) is 0. The van der Waals surface area contributed by atoms with Gasteiger partial charge in [0.1, 0.15) is 11.4 Å². The number of para-hydroxylation sites is 1. The van der Waals surface area contributed by atoms with Crippen molar-refractivity contribution in [2.75, 3.05) is 5.32 Å². The van der Waals surface area contributed by atoms with Crippen LogP contribution in [0.1, 0.15) is 44.4 Å². The molecule has 0 saturated heterocycles. The zero-order valence-electron chi connectivity index (χ0n) is 16.9. The maximum absolute atomic E-state index is 14.6. The van der Waals surface area contributed by atoms with Crippen molar-refractivity contribution in [3.8, 4) is 0 Å². The van der Waals surface area contributed by atoms with Crippen molar-refractivity contribution in [2.45, 2.75) is 45.9 Å². The van der Waals surface area contributed by atoms with Crippen molar-refractivity contribution in [3.05, 3.63) is 65.0 Å². The number of nitrogens with one attached hydrogen (secondary N) is 2. The second-order valence-electron chi connectivity index (χ2n) is 7.69. The van der Waals surface area contributed by atoms with E-state index in [0.29, 0.717) is 17.7 Å². The second kappa shape index (κ2) is 8.03. The van der Waals surface area contributed by atoms with Gasteiger partial charge in [-0.15, -0.1) is 0 Å². The van der Waals surface area contributed by atoms with E-state index in [0.717, 1.165) is 5.56 Å². The van der Waals surface area contributed by atoms with E-state index in [9.17, 15) is 14.0 Å². The third-order valence-electron chi connectivity index (χ3n) is 4.32. The van der Waals surface area contributed by atoms with Crippen molar-refractivity contribution < 1.29 is 18.7 Å². The molecule has 7 heteroatoms. The Morgan fingerprint density at radius 1 is 1.17 bits per heavy atom. The molecule has 2 amide bonds. The fourth-order valence-electron chi connectivity index (χ4n) is 3.07. The summed E-state index contributed by atoms with van der Waals surface area (Å²) in [6.07, 6.45) is -1.38. The first-order chi connectivity index (χ1) is 13.7. The average Bonchev–Trinajstić information content (AvgIpc) is 2.77. The van der Waals surface area contributed by atoms with Crippen LogP contribution >= 0.6 is 0 Å². The number of benzodiazepines with no additional fused rings is 1. The van der Waals surface area contributed by atoms with Gasteiger partial charge in [-0.3, -0.25) is 10.1 Å². The van der Waals surface area contributed by atoms with E-state index >= 15 is 0 Å². The van der Waals surface area contributed by atoms with E-state index < -0.39 is 29.6 Å². The molecule has 0 aromatic heterocycles. The number of rotatable bonds is 3. The Morgan fingerprint density at radius 2 is 1.86 bits per heavy atom. The Labute approximate surface area is 169 Å². The monoisotopic (exact) mass is 397 g/mol. The number of halogens is 1. The molecule has 6 nitrogen and oxygen atoms in total. The number of aryl methyl sites for hydroxylation is 1. The van der Waals surface area contributed by atoms with Crippen molar-refractivity contribution >= 4 is 23.4 Å². The minimum absolute atomic E-state index is 0.245. The Morgan fingerprint density at radius 3 is 2.52 bits per heavy atom. The molecule has 0 unspecified atom stereocenters. The van der Waals surface area contributed by atoms with Crippen LogP contribution < -0.4 is 10.6 Å². The molecule has 0 spiro atoms. The lowest BCUT2D eigenvalue weighted by Crippen LogP contribution is -2.44. The van der Waals surface area contributed by atoms with Crippen molar-refractivity contribution in [3.63, 3.8) is 0 Å². The third kappa shape index (κ3) is 4.62. The molecule has 2 N–H and O–H groups in total. The third-order valence-corrected chi connectivity index (χ3v) is 4.32. The van der Waals surface area contributed by atoms with Crippen LogP contribution in [0.2, 0.25) is 0 Å². The van der Waals surface area contributed by atoms with E-state index in [4.69, 9.17) is 4.74 Å². The lowest BCUT2D eigenvalue weighted by molar-refractivity contribution is -0.118. The standard InChI is InChI=1S/C22H24FN3O3/c1-5-13-9-8-11-15-17(13)25-20(27)19(26-21(28)29-22(2,3)4)24-18(15)14-10-6-7-12-16(14)23/h6-12,19H,5H2,1-4H3,(H,25,27)(H,26,28)/t19-/m1/s1. The quantitative estimate of drug-likeness (QED) is 0.821. The normalized spacial score (nSPS) is 16.2. The zero-order chi connectivity index (χ0) is 21.2. The molecular weight excluding hydrogens is 373 g/mol. The number of carbonyl (C=O) groups excluding carboxylic acids is 2. The molecule has 1 atom stereocenters. The Bertz CT molecular complexity index is 980. The van der Waals surface area contributed by atoms with Gasteiger partial charge in [0.05, 0.1) is 11.4 Å². The van der Waals surface area contributed by atoms with E-state index in [1.165, 1.54) is 6.07 Å². The molecule has 3 rings (SSSR count). The number of amides is 2. The van der Waals surface area contributed by atoms with Crippen molar-refractivity contribution in [1.82, 2.24) is 5.32 Å². The summed E-state index contributed by atoms with van der Waals surface area (Å²) < 4.78 is 19.8. The van der Waals surface area contributed by atoms with Gasteiger partial charge in [-0.1, -0.05) is 37.3 Å². The van der Waals surface area contributed by atoms with Gasteiger partial charge >= 0.3 is 6.09 Å². The SMILES string of the molecule is CCc1cccc2c1NC(=O)[C@@H](NC(=O)OC(C)(C)C)N=C2c1ccccc1F. The molecule has 2 aromatic rings. The van der Waals surface area contributed by atoms with Crippen LogP contribution in [0.3, 0.4) is 0 Å². The summed E-state index contributed by atoms with van der Waals surface area (Å²) in [6.45, 7) is 7.12. The van der Waals surface area contributed by atoms with Crippen LogP contribution in [0.25, 0.3) is 0 Å². The van der Waals surface area contributed by atoms with Crippen LogP contribution in [0, 0.1) is 5.82 Å². The van der Waals surface area contributed by atoms with Gasteiger partial charge in [0, 0.05) is 11.1 Å². The smallest absolute Gasteiger partial charge is 0.409 e. The number of ether oxygens (including phenoxy) is 1. The molecule has 2 aromatic carbocycles. The molecule has 0 fully saturated rings. The highest BCUT2D eigenvalue weighted by atomic mass is 19.1. The van der Waals surface area contributed by atoms with E-state index in [1.807, 2.05) is 19.1 Å². The van der Waals surface area contributed by atoms with Gasteiger partial charge in [0.25, 0.3) is 5.91 Å². The van der Waals surface area contributed by atoms with Crippen LogP contribution in [0.4, 0.5) is 14.9 Å². The van der Waals surface area contributed by atoms with Crippen LogP contribution in [-0.4, -0.2) is 29.5 Å². The molecule has 0 radical (unpaired) electrons. The number of fused-ring (bicyclic) bond motifs is 1. The highest BCUT2D eigenvalue weighted by Gasteiger charge is 2.30. The Kier molecular flexibility index (Phi) is 5.68. The summed E-state index contributed by atoms with van der Waals surface area (Å²) in [6, 6.07) is 11.7. The molecule has 29 heavy (non-hydrogen) atoms. The number of alkyl carbamates (subject to hydrolysis) is 1. The summed E-state index contributed by atoms with van der Waals surface area (Å²) in [4.78, 5) is 29.5. The number of hydrogen-bond acceptors (Lipinski definition) is 4. The molecule has 0 bridgehead atoms. The maximum atomic E-state index is 14.6. The lowest BCUT2D eigenvalue weighted by Gasteiger charge is -2.21. The molecular formula is C22H24FN3O3. The topological polar surface area (TPSA) is 79.8 Å². The predicted molar refractivity (Wildman–Crippen MR) is 110 cm³/mol. The maximum Gasteiger partial charge on any atom is 0.409 e. The first-order valence-corrected chi connectivity index (χ1v) is 9.45. The molecule has 1 aliphatic rings. The van der Waals surface area contributed by atoms with Gasteiger partial charge in [-0.25, -0.2) is 14.2 Å². The predicted octanol–water partition coefficient (Wildman–Crippen LogP) is 4.03. The van der Waals surface area contributed by atoms with Crippen LogP contribution in [0.5, 0.6) is 0 Å². The minimum atomic E-state index is -1.27. The van der Waals surface area contributed by atoms with Crippen LogP contribution in [-0.2, 0) is 16.0 Å². The van der Waals surface area contributed by atoms with E-state index in [1.54, 1.807) is 45.0 Å². The number of anilines is 1. The molecule has 1 heterocycles. The second-order valence-corrected chi connectivity index (χ2v) is 7.69. The highest BCUT2D eigenvalue weighted by Crippen LogP contribution is 2.28. The van der Waals surface area contributed by atoms with Gasteiger partial charge in [-0.2, -0.15) is 0 Å². The van der Waals surface area contributed by atoms with E-state index in [-0.39, 0.29) is 11.3 Å². The largest absolute Gasteiger partial charge is 0.444 e. The summed E-state index contributed by atoms with van der Waals surface area (Å²) in [5.41, 5.74) is 1.84. The average molecular weight is 397 g/mol. The van der Waals surface area contributed by atoms with Crippen LogP contribution in [0.15, 0.2) is 47.5 Å². The fraction of sp³-hybridized carbons (Fsp3) is 0.318. The van der Waals surface area contributed by atoms with Gasteiger partial charge in [-0.05, 0) is 44.9 Å². The molecule has 1 aliphatic heterocycles. The number of hydrogen-bond donors (Lipinski definition) is 2. The minimum Gasteiger partial charge on any atom is -0.444 e. The molecule has 0 saturated carbocycles. The number of benzene rings is 2.